The zero-order valence-corrected chi connectivity index (χ0v) is 27.6. The van der Waals surface area contributed by atoms with Crippen molar-refractivity contribution in [2.75, 3.05) is 4.90 Å². The molecular weight excluding hydrogens is 615 g/mol. The summed E-state index contributed by atoms with van der Waals surface area (Å²) in [6.45, 7) is 0. The first-order valence-corrected chi connectivity index (χ1v) is 17.0. The van der Waals surface area contributed by atoms with Gasteiger partial charge in [0.15, 0.2) is 0 Å². The van der Waals surface area contributed by atoms with Crippen molar-refractivity contribution in [2.24, 2.45) is 0 Å². The molecule has 9 aromatic carbocycles. The molecule has 0 aliphatic carbocycles. The van der Waals surface area contributed by atoms with Crippen LogP contribution in [-0.2, 0) is 0 Å². The molecule has 0 N–H and O–H groups in total. The van der Waals surface area contributed by atoms with Gasteiger partial charge in [0.25, 0.3) is 0 Å². The molecule has 0 radical (unpaired) electrons. The summed E-state index contributed by atoms with van der Waals surface area (Å²) in [6, 6.07) is 51.7. The Morgan fingerprint density at radius 1 is 0.353 bits per heavy atom. The first-order chi connectivity index (χ1) is 28.2. The van der Waals surface area contributed by atoms with Gasteiger partial charge in [-0.2, -0.15) is 0 Å². The lowest BCUT2D eigenvalue weighted by Crippen LogP contribution is -2.11. The average Bonchev–Trinajstić information content (AvgIpc) is 3.27. The van der Waals surface area contributed by atoms with Crippen LogP contribution >= 0.6 is 0 Å². The van der Waals surface area contributed by atoms with Crippen LogP contribution in [-0.4, -0.2) is 0 Å². The number of hydrogen-bond acceptors (Lipinski definition) is 1. The number of hydrogen-bond donors (Lipinski definition) is 0. The Labute approximate surface area is 309 Å². The molecule has 51 heavy (non-hydrogen) atoms. The Kier molecular flexibility index (Phi) is 6.16. The van der Waals surface area contributed by atoms with E-state index in [4.69, 9.17) is 0 Å². The van der Waals surface area contributed by atoms with Gasteiger partial charge < -0.3 is 4.90 Å². The molecule has 0 aliphatic rings. The molecule has 0 aliphatic heterocycles. The van der Waals surface area contributed by atoms with Gasteiger partial charge in [-0.3, -0.25) is 0 Å². The third-order valence-electron chi connectivity index (χ3n) is 9.23. The van der Waals surface area contributed by atoms with Gasteiger partial charge in [0.1, 0.15) is 0 Å². The van der Waals surface area contributed by atoms with Crippen LogP contribution in [0, 0.1) is 0 Å². The molecular formula is C50H35N. The maximum absolute atomic E-state index is 9.84. The number of benzene rings is 9. The average molecular weight is 657 g/mol. The van der Waals surface area contributed by atoms with E-state index in [1.54, 1.807) is 4.90 Å². The van der Waals surface area contributed by atoms with E-state index < -0.39 is 0 Å². The molecule has 0 saturated heterocycles. The molecule has 0 amide bonds. The van der Waals surface area contributed by atoms with Crippen LogP contribution < -0.4 is 4.90 Å². The van der Waals surface area contributed by atoms with E-state index in [1.165, 1.54) is 0 Å². The molecule has 0 atom stereocenters. The fraction of sp³-hybridized carbons (Fsp3) is 0. The molecule has 0 fully saturated rings. The van der Waals surface area contributed by atoms with E-state index >= 15 is 0 Å². The molecule has 9 rings (SSSR count). The smallest absolute Gasteiger partial charge is 0.0645 e. The van der Waals surface area contributed by atoms with E-state index in [1.807, 2.05) is 170 Å². The third-order valence-corrected chi connectivity index (χ3v) is 9.23. The Hall–Kier alpha value is -6.70. The molecule has 0 heterocycles. The van der Waals surface area contributed by atoms with Crippen LogP contribution in [0.4, 0.5) is 17.1 Å². The van der Waals surface area contributed by atoms with Gasteiger partial charge in [-0.15, -0.1) is 0 Å². The second kappa shape index (κ2) is 13.3. The Balaban J connectivity index is 1.40. The molecule has 1 nitrogen and oxygen atoms in total. The van der Waals surface area contributed by atoms with Gasteiger partial charge in [0, 0.05) is 16.9 Å². The summed E-state index contributed by atoms with van der Waals surface area (Å²) in [5.74, 6) is 0. The predicted molar refractivity (Wildman–Crippen MR) is 218 cm³/mol. The maximum atomic E-state index is 9.84. The lowest BCUT2D eigenvalue weighted by molar-refractivity contribution is 1.29. The van der Waals surface area contributed by atoms with Crippen LogP contribution in [0.1, 0.15) is 9.60 Å². The fourth-order valence-electron chi connectivity index (χ4n) is 6.76. The van der Waals surface area contributed by atoms with Crippen LogP contribution in [0.2, 0.25) is 0 Å². The minimum Gasteiger partial charge on any atom is -0.310 e. The quantitative estimate of drug-likeness (QED) is 0.165. The lowest BCUT2D eigenvalue weighted by Gasteiger charge is -2.29. The number of rotatable bonds is 7. The van der Waals surface area contributed by atoms with Crippen molar-refractivity contribution >= 4 is 38.6 Å². The molecule has 0 aromatic heterocycles. The highest BCUT2D eigenvalue weighted by atomic mass is 15.1. The summed E-state index contributed by atoms with van der Waals surface area (Å²) in [5, 5.41) is 3.48. The first kappa shape index (κ1) is 23.6. The van der Waals surface area contributed by atoms with Gasteiger partial charge in [-0.05, 0) is 96.8 Å². The van der Waals surface area contributed by atoms with Crippen molar-refractivity contribution in [3.8, 4) is 44.5 Å². The van der Waals surface area contributed by atoms with Crippen molar-refractivity contribution in [3.05, 3.63) is 212 Å². The van der Waals surface area contributed by atoms with E-state index in [9.17, 15) is 9.60 Å². The highest BCUT2D eigenvalue weighted by molar-refractivity contribution is 6.04. The largest absolute Gasteiger partial charge is 0.310 e. The van der Waals surface area contributed by atoms with Crippen LogP contribution in [0.15, 0.2) is 212 Å². The highest BCUT2D eigenvalue weighted by Gasteiger charge is 2.20. The van der Waals surface area contributed by atoms with Crippen molar-refractivity contribution in [3.63, 3.8) is 0 Å². The van der Waals surface area contributed by atoms with Crippen LogP contribution in [0.3, 0.4) is 0 Å². The fourth-order valence-corrected chi connectivity index (χ4v) is 6.76. The van der Waals surface area contributed by atoms with Gasteiger partial charge in [0.05, 0.1) is 15.3 Å². The lowest BCUT2D eigenvalue weighted by atomic mass is 9.89. The Morgan fingerprint density at radius 2 is 0.902 bits per heavy atom. The van der Waals surface area contributed by atoms with E-state index in [0.717, 1.165) is 32.7 Å². The monoisotopic (exact) mass is 656 g/mol. The van der Waals surface area contributed by atoms with Crippen LogP contribution in [0.5, 0.6) is 0 Å². The molecule has 1 heteroatoms. The normalized spacial score (nSPS) is 13.1. The SMILES string of the molecule is [2H]c1c([2H])c(N(c2ccc3ccccc3c2)c2c([2H])c([2H])c(-c3c(-c4ccccc4)ccc4ccccc34)c([2H])c2[2H])c(-c2ccccc2)c([2H])c1-c1ccccc1. The van der Waals surface area contributed by atoms with Crippen LogP contribution in [0.25, 0.3) is 66.1 Å². The second-order valence-corrected chi connectivity index (χ2v) is 12.4. The summed E-state index contributed by atoms with van der Waals surface area (Å²) in [5.41, 5.74) is 4.70. The number of nitrogens with zero attached hydrogens (tertiary/aromatic N) is 1. The number of anilines is 3. The third kappa shape index (κ3) is 5.86. The minimum absolute atomic E-state index is 0.00863. The maximum Gasteiger partial charge on any atom is 0.0645 e. The second-order valence-electron chi connectivity index (χ2n) is 12.4. The molecule has 0 saturated carbocycles. The summed E-state index contributed by atoms with van der Waals surface area (Å²) in [7, 11) is 0. The van der Waals surface area contributed by atoms with Gasteiger partial charge >= 0.3 is 0 Å². The minimum atomic E-state index is -0.320. The van der Waals surface area contributed by atoms with Gasteiger partial charge in [0.2, 0.25) is 0 Å². The Bertz CT molecular complexity index is 2990. The topological polar surface area (TPSA) is 3.24 Å². The predicted octanol–water partition coefficient (Wildman–Crippen LogP) is 14.1. The zero-order valence-electron chi connectivity index (χ0n) is 34.6. The van der Waals surface area contributed by atoms with Crippen molar-refractivity contribution in [2.45, 2.75) is 0 Å². The Morgan fingerprint density at radius 3 is 1.61 bits per heavy atom. The summed E-state index contributed by atoms with van der Waals surface area (Å²) in [4.78, 5) is 1.56. The summed E-state index contributed by atoms with van der Waals surface area (Å²) in [6.07, 6.45) is 0. The molecule has 9 aromatic rings. The van der Waals surface area contributed by atoms with Gasteiger partial charge in [-0.1, -0.05) is 176 Å². The summed E-state index contributed by atoms with van der Waals surface area (Å²) >= 11 is 0. The number of fused-ring (bicyclic) bond motifs is 2. The van der Waals surface area contributed by atoms with Crippen molar-refractivity contribution in [1.29, 1.82) is 0 Å². The van der Waals surface area contributed by atoms with E-state index in [0.29, 0.717) is 27.9 Å². The standard InChI is InChI=1S/C50H35N/c1-4-14-36(15-5-1)43-28-33-49(48(35-43)39-19-8-3-9-20-39)51(45-31-24-37-16-10-11-22-42(37)34-45)44-29-25-41(26-30-44)50-46-23-13-12-21-40(46)27-32-47(50)38-17-6-2-7-18-38/h1-35H/i25D,26D,28D,29D,30D,33D,35D. The molecule has 0 unspecified atom stereocenters. The van der Waals surface area contributed by atoms with E-state index in [2.05, 4.69) is 0 Å². The van der Waals surface area contributed by atoms with E-state index in [-0.39, 0.29) is 64.8 Å². The first-order valence-electron chi connectivity index (χ1n) is 20.5. The van der Waals surface area contributed by atoms with Crippen molar-refractivity contribution < 1.29 is 9.60 Å². The highest BCUT2D eigenvalue weighted by Crippen LogP contribution is 2.45. The molecule has 0 spiro atoms. The molecule has 0 bridgehead atoms. The molecule has 240 valence electrons. The zero-order chi connectivity index (χ0) is 40.1. The summed E-state index contributed by atoms with van der Waals surface area (Å²) < 4.78 is 68.2. The van der Waals surface area contributed by atoms with Crippen molar-refractivity contribution in [1.82, 2.24) is 0 Å². The van der Waals surface area contributed by atoms with Gasteiger partial charge in [-0.25, -0.2) is 0 Å².